The van der Waals surface area contributed by atoms with Crippen molar-refractivity contribution in [3.05, 3.63) is 29.8 Å². The summed E-state index contributed by atoms with van der Waals surface area (Å²) >= 11 is 0. The first-order valence-corrected chi connectivity index (χ1v) is 5.99. The summed E-state index contributed by atoms with van der Waals surface area (Å²) in [5, 5.41) is 3.24. The van der Waals surface area contributed by atoms with Crippen LogP contribution >= 0.6 is 0 Å². The zero-order valence-corrected chi connectivity index (χ0v) is 10.8. The van der Waals surface area contributed by atoms with Crippen molar-refractivity contribution in [1.29, 1.82) is 0 Å². The van der Waals surface area contributed by atoms with E-state index in [-0.39, 0.29) is 0 Å². The minimum absolute atomic E-state index is 0.645. The van der Waals surface area contributed by atoms with Gasteiger partial charge in [-0.1, -0.05) is 25.1 Å². The van der Waals surface area contributed by atoms with E-state index in [0.29, 0.717) is 6.61 Å². The molecule has 0 fully saturated rings. The van der Waals surface area contributed by atoms with Gasteiger partial charge in [0.2, 0.25) is 0 Å². The maximum absolute atomic E-state index is 5.46. The molecular weight excluding hydrogens is 214 g/mol. The molecule has 3 heteroatoms. The Morgan fingerprint density at radius 3 is 2.71 bits per heavy atom. The lowest BCUT2D eigenvalue weighted by atomic mass is 10.2. The molecule has 0 amide bonds. The Kier molecular flexibility index (Phi) is 6.18. The van der Waals surface area contributed by atoms with Gasteiger partial charge in [-0.2, -0.15) is 0 Å². The van der Waals surface area contributed by atoms with E-state index in [1.165, 1.54) is 0 Å². The van der Waals surface area contributed by atoms with E-state index in [4.69, 9.17) is 9.47 Å². The molecule has 0 aliphatic carbocycles. The number of rotatable bonds is 7. The number of ether oxygens (including phenoxy) is 2. The van der Waals surface area contributed by atoms with Crippen LogP contribution in [0.15, 0.2) is 24.3 Å². The smallest absolute Gasteiger partial charge is 0.161 e. The fraction of sp³-hybridized carbons (Fsp3) is 0.429. The van der Waals surface area contributed by atoms with Gasteiger partial charge in [0.1, 0.15) is 0 Å². The van der Waals surface area contributed by atoms with Gasteiger partial charge in [-0.15, -0.1) is 0 Å². The lowest BCUT2D eigenvalue weighted by molar-refractivity contribution is 0.311. The standard InChI is InChI=1S/C14H21NO2/c1-4-15-10-6-7-12-8-9-13(17-5-2)14(11-12)16-3/h6-9,11,15H,4-5,10H2,1-3H3. The fourth-order valence-corrected chi connectivity index (χ4v) is 1.49. The molecule has 0 radical (unpaired) electrons. The lowest BCUT2D eigenvalue weighted by Crippen LogP contribution is -2.11. The van der Waals surface area contributed by atoms with Crippen LogP contribution in [-0.4, -0.2) is 26.8 Å². The third-order valence-electron chi connectivity index (χ3n) is 2.31. The van der Waals surface area contributed by atoms with Crippen molar-refractivity contribution in [1.82, 2.24) is 5.32 Å². The Labute approximate surface area is 103 Å². The van der Waals surface area contributed by atoms with Crippen LogP contribution in [0.2, 0.25) is 0 Å². The number of likely N-dealkylation sites (N-methyl/N-ethyl adjacent to an activating group) is 1. The summed E-state index contributed by atoms with van der Waals surface area (Å²) < 4.78 is 10.8. The molecule has 0 saturated carbocycles. The summed E-state index contributed by atoms with van der Waals surface area (Å²) in [6, 6.07) is 5.94. The van der Waals surface area contributed by atoms with Crippen molar-refractivity contribution in [3.63, 3.8) is 0 Å². The summed E-state index contributed by atoms with van der Waals surface area (Å²) in [5.74, 6) is 1.57. The Balaban J connectivity index is 2.71. The second-order valence-corrected chi connectivity index (χ2v) is 3.55. The molecule has 0 aliphatic heterocycles. The highest BCUT2D eigenvalue weighted by Crippen LogP contribution is 2.28. The van der Waals surface area contributed by atoms with Crippen molar-refractivity contribution in [2.45, 2.75) is 13.8 Å². The van der Waals surface area contributed by atoms with Crippen LogP contribution in [-0.2, 0) is 0 Å². The van der Waals surface area contributed by atoms with Crippen molar-refractivity contribution in [3.8, 4) is 11.5 Å². The normalized spacial score (nSPS) is 10.8. The summed E-state index contributed by atoms with van der Waals surface area (Å²) in [4.78, 5) is 0. The SMILES string of the molecule is CCNCC=Cc1ccc(OCC)c(OC)c1. The van der Waals surface area contributed by atoms with Crippen LogP contribution in [0.5, 0.6) is 11.5 Å². The zero-order chi connectivity index (χ0) is 12.5. The van der Waals surface area contributed by atoms with Crippen molar-refractivity contribution >= 4 is 6.08 Å². The molecule has 0 spiro atoms. The molecule has 3 nitrogen and oxygen atoms in total. The molecule has 0 aliphatic rings. The van der Waals surface area contributed by atoms with Gasteiger partial charge in [-0.05, 0) is 31.2 Å². The van der Waals surface area contributed by atoms with Crippen molar-refractivity contribution in [2.75, 3.05) is 26.8 Å². The molecule has 0 bridgehead atoms. The van der Waals surface area contributed by atoms with Gasteiger partial charge >= 0.3 is 0 Å². The first-order chi connectivity index (χ1) is 8.31. The summed E-state index contributed by atoms with van der Waals surface area (Å²) in [7, 11) is 1.66. The van der Waals surface area contributed by atoms with Crippen LogP contribution < -0.4 is 14.8 Å². The lowest BCUT2D eigenvalue weighted by Gasteiger charge is -2.09. The van der Waals surface area contributed by atoms with E-state index in [1.54, 1.807) is 7.11 Å². The Morgan fingerprint density at radius 1 is 1.24 bits per heavy atom. The molecule has 1 aromatic carbocycles. The maximum atomic E-state index is 5.46. The molecule has 1 aromatic rings. The van der Waals surface area contributed by atoms with E-state index >= 15 is 0 Å². The number of methoxy groups -OCH3 is 1. The van der Waals surface area contributed by atoms with Gasteiger partial charge in [0, 0.05) is 6.54 Å². The van der Waals surface area contributed by atoms with Gasteiger partial charge in [0.25, 0.3) is 0 Å². The Hall–Kier alpha value is -1.48. The Bertz CT molecular complexity index is 361. The van der Waals surface area contributed by atoms with E-state index in [1.807, 2.05) is 25.1 Å². The maximum Gasteiger partial charge on any atom is 0.161 e. The predicted molar refractivity (Wildman–Crippen MR) is 71.7 cm³/mol. The summed E-state index contributed by atoms with van der Waals surface area (Å²) in [6.07, 6.45) is 4.17. The number of benzene rings is 1. The van der Waals surface area contributed by atoms with E-state index < -0.39 is 0 Å². The number of nitrogens with one attached hydrogen (secondary N) is 1. The molecule has 1 N–H and O–H groups in total. The Morgan fingerprint density at radius 2 is 2.06 bits per heavy atom. The van der Waals surface area contributed by atoms with E-state index in [9.17, 15) is 0 Å². The van der Waals surface area contributed by atoms with Crippen LogP contribution in [0.4, 0.5) is 0 Å². The molecule has 94 valence electrons. The van der Waals surface area contributed by atoms with E-state index in [2.05, 4.69) is 24.4 Å². The summed E-state index contributed by atoms with van der Waals surface area (Å²) in [6.45, 7) is 6.56. The number of hydrogen-bond acceptors (Lipinski definition) is 3. The molecule has 0 atom stereocenters. The molecule has 17 heavy (non-hydrogen) atoms. The summed E-state index contributed by atoms with van der Waals surface area (Å²) in [5.41, 5.74) is 1.11. The molecule has 1 rings (SSSR count). The number of hydrogen-bond donors (Lipinski definition) is 1. The third kappa shape index (κ3) is 4.49. The average Bonchev–Trinajstić information content (AvgIpc) is 2.36. The van der Waals surface area contributed by atoms with Gasteiger partial charge in [0.05, 0.1) is 13.7 Å². The molecule has 0 saturated heterocycles. The molecular formula is C14H21NO2. The minimum atomic E-state index is 0.645. The molecule has 0 unspecified atom stereocenters. The monoisotopic (exact) mass is 235 g/mol. The van der Waals surface area contributed by atoms with Gasteiger partial charge in [0.15, 0.2) is 11.5 Å². The topological polar surface area (TPSA) is 30.5 Å². The van der Waals surface area contributed by atoms with Crippen molar-refractivity contribution in [2.24, 2.45) is 0 Å². The quantitative estimate of drug-likeness (QED) is 0.737. The van der Waals surface area contributed by atoms with Crippen molar-refractivity contribution < 1.29 is 9.47 Å². The van der Waals surface area contributed by atoms with Crippen LogP contribution in [0, 0.1) is 0 Å². The fourth-order valence-electron chi connectivity index (χ4n) is 1.49. The van der Waals surface area contributed by atoms with Crippen LogP contribution in [0.25, 0.3) is 6.08 Å². The zero-order valence-electron chi connectivity index (χ0n) is 10.8. The second kappa shape index (κ2) is 7.74. The van der Waals surface area contributed by atoms with Gasteiger partial charge < -0.3 is 14.8 Å². The van der Waals surface area contributed by atoms with Gasteiger partial charge in [-0.25, -0.2) is 0 Å². The highest BCUT2D eigenvalue weighted by atomic mass is 16.5. The van der Waals surface area contributed by atoms with E-state index in [0.717, 1.165) is 30.2 Å². The van der Waals surface area contributed by atoms with Crippen LogP contribution in [0.3, 0.4) is 0 Å². The third-order valence-corrected chi connectivity index (χ3v) is 2.31. The first kappa shape index (κ1) is 13.6. The highest BCUT2D eigenvalue weighted by molar-refractivity contribution is 5.55. The largest absolute Gasteiger partial charge is 0.493 e. The minimum Gasteiger partial charge on any atom is -0.493 e. The van der Waals surface area contributed by atoms with Crippen LogP contribution in [0.1, 0.15) is 19.4 Å². The molecule has 0 aromatic heterocycles. The average molecular weight is 235 g/mol. The molecule has 0 heterocycles. The first-order valence-electron chi connectivity index (χ1n) is 5.99. The van der Waals surface area contributed by atoms with Gasteiger partial charge in [-0.3, -0.25) is 0 Å². The second-order valence-electron chi connectivity index (χ2n) is 3.55. The highest BCUT2D eigenvalue weighted by Gasteiger charge is 2.03. The predicted octanol–water partition coefficient (Wildman–Crippen LogP) is 2.72.